The van der Waals surface area contributed by atoms with Gasteiger partial charge < -0.3 is 20.9 Å². The Kier molecular flexibility index (Phi) is 7.75. The Balaban J connectivity index is 1.87. The summed E-state index contributed by atoms with van der Waals surface area (Å²) in [6.07, 6.45) is 3.61. The largest absolute Gasteiger partial charge is 0.492 e. The van der Waals surface area contributed by atoms with Gasteiger partial charge in [-0.05, 0) is 86.3 Å². The number of rotatable bonds is 11. The number of nitrogens with one attached hydrogen (secondary N) is 2. The van der Waals surface area contributed by atoms with Gasteiger partial charge in [-0.3, -0.25) is 10.3 Å². The summed E-state index contributed by atoms with van der Waals surface area (Å²) < 4.78 is 6.06. The first-order chi connectivity index (χ1) is 15.4. The molecule has 0 bridgehead atoms. The Bertz CT molecular complexity index is 939. The number of amidine groups is 1. The molecule has 1 aliphatic rings. The highest BCUT2D eigenvalue weighted by molar-refractivity contribution is 5.95. The van der Waals surface area contributed by atoms with Crippen LogP contribution >= 0.6 is 0 Å². The second-order valence-corrected chi connectivity index (χ2v) is 8.30. The third-order valence-corrected chi connectivity index (χ3v) is 6.19. The number of aryl methyl sites for hydroxylation is 1. The van der Waals surface area contributed by atoms with Crippen LogP contribution in [0.5, 0.6) is 5.75 Å². The van der Waals surface area contributed by atoms with Crippen LogP contribution in [0, 0.1) is 5.41 Å². The lowest BCUT2D eigenvalue weighted by Gasteiger charge is -2.32. The minimum Gasteiger partial charge on any atom is -0.492 e. The summed E-state index contributed by atoms with van der Waals surface area (Å²) in [6, 6.07) is 12.7. The van der Waals surface area contributed by atoms with Gasteiger partial charge in [-0.1, -0.05) is 19.9 Å². The number of ether oxygens (including phenoxy) is 1. The maximum atomic E-state index is 12.6. The zero-order valence-corrected chi connectivity index (χ0v) is 19.0. The predicted octanol–water partition coefficient (Wildman–Crippen LogP) is 3.81. The summed E-state index contributed by atoms with van der Waals surface area (Å²) in [5, 5.41) is 21.1. The molecule has 7 heteroatoms. The Morgan fingerprint density at radius 2 is 1.88 bits per heavy atom. The molecule has 1 aliphatic heterocycles. The monoisotopic (exact) mass is 438 g/mol. The molecule has 1 saturated heterocycles. The molecule has 2 aromatic rings. The first kappa shape index (κ1) is 23.6. The van der Waals surface area contributed by atoms with E-state index in [1.807, 2.05) is 25.1 Å². The summed E-state index contributed by atoms with van der Waals surface area (Å²) in [5.41, 5.74) is 7.17. The van der Waals surface area contributed by atoms with E-state index in [-0.39, 0.29) is 5.84 Å². The maximum Gasteiger partial charge on any atom is 0.334 e. The Hall–Kier alpha value is -3.06. The summed E-state index contributed by atoms with van der Waals surface area (Å²) in [6.45, 7) is 7.61. The summed E-state index contributed by atoms with van der Waals surface area (Å²) in [7, 11) is 0. The van der Waals surface area contributed by atoms with Crippen molar-refractivity contribution >= 4 is 17.5 Å². The molecule has 3 rings (SSSR count). The van der Waals surface area contributed by atoms with E-state index in [1.54, 1.807) is 24.3 Å². The van der Waals surface area contributed by atoms with E-state index < -0.39 is 11.5 Å². The molecule has 7 nitrogen and oxygen atoms in total. The lowest BCUT2D eigenvalue weighted by molar-refractivity contribution is -0.142. The van der Waals surface area contributed by atoms with Crippen LogP contribution in [0.3, 0.4) is 0 Å². The number of carbonyl (C=O) groups is 1. The van der Waals surface area contributed by atoms with Crippen molar-refractivity contribution in [2.24, 2.45) is 5.73 Å². The number of benzene rings is 2. The highest BCUT2D eigenvalue weighted by Gasteiger charge is 2.39. The van der Waals surface area contributed by atoms with Gasteiger partial charge in [-0.2, -0.15) is 0 Å². The molecule has 1 unspecified atom stereocenters. The fraction of sp³-hybridized carbons (Fsp3) is 0.440. The standard InChI is InChI=1S/C25H34N4O3/c1-3-18-15-20(17-22(16-18)32-14-13-29-11-5-6-12-29)25(4-2,24(30)31)28-21-9-7-19(8-10-21)23(26)27/h7-10,15-17,28H,3-6,11-14H2,1-2H3,(H3,26,27)(H,30,31). The fourth-order valence-corrected chi connectivity index (χ4v) is 4.17. The molecule has 0 amide bonds. The Labute approximate surface area is 190 Å². The van der Waals surface area contributed by atoms with E-state index in [2.05, 4.69) is 17.1 Å². The third-order valence-electron chi connectivity index (χ3n) is 6.19. The molecule has 1 atom stereocenters. The van der Waals surface area contributed by atoms with Crippen molar-refractivity contribution < 1.29 is 14.6 Å². The fourth-order valence-electron chi connectivity index (χ4n) is 4.17. The van der Waals surface area contributed by atoms with E-state index in [1.165, 1.54) is 12.8 Å². The third kappa shape index (κ3) is 5.40. The van der Waals surface area contributed by atoms with E-state index in [0.717, 1.165) is 31.6 Å². The Morgan fingerprint density at radius 1 is 1.19 bits per heavy atom. The van der Waals surface area contributed by atoms with E-state index >= 15 is 0 Å². The zero-order valence-electron chi connectivity index (χ0n) is 19.0. The smallest absolute Gasteiger partial charge is 0.334 e. The maximum absolute atomic E-state index is 12.6. The van der Waals surface area contributed by atoms with Gasteiger partial charge in [-0.25, -0.2) is 4.79 Å². The van der Waals surface area contributed by atoms with Crippen molar-refractivity contribution in [2.45, 2.75) is 45.1 Å². The second kappa shape index (κ2) is 10.5. The van der Waals surface area contributed by atoms with Gasteiger partial charge in [0.25, 0.3) is 0 Å². The van der Waals surface area contributed by atoms with Gasteiger partial charge in [-0.15, -0.1) is 0 Å². The molecule has 172 valence electrons. The molecule has 0 radical (unpaired) electrons. The van der Waals surface area contributed by atoms with Crippen molar-refractivity contribution in [3.8, 4) is 5.75 Å². The number of anilines is 1. The highest BCUT2D eigenvalue weighted by Crippen LogP contribution is 2.34. The summed E-state index contributed by atoms with van der Waals surface area (Å²) in [4.78, 5) is 15.0. The number of hydrogen-bond donors (Lipinski definition) is 4. The van der Waals surface area contributed by atoms with Crippen molar-refractivity contribution in [2.75, 3.05) is 31.6 Å². The molecule has 0 saturated carbocycles. The normalized spacial score (nSPS) is 15.8. The first-order valence-corrected chi connectivity index (χ1v) is 11.3. The zero-order chi connectivity index (χ0) is 23.1. The van der Waals surface area contributed by atoms with Gasteiger partial charge in [0.15, 0.2) is 5.54 Å². The summed E-state index contributed by atoms with van der Waals surface area (Å²) in [5.74, 6) is -0.277. The van der Waals surface area contributed by atoms with E-state index in [9.17, 15) is 9.90 Å². The van der Waals surface area contributed by atoms with Crippen molar-refractivity contribution in [3.63, 3.8) is 0 Å². The molecule has 5 N–H and O–H groups in total. The number of carboxylic acids is 1. The van der Waals surface area contributed by atoms with Crippen LogP contribution in [0.1, 0.15) is 49.8 Å². The first-order valence-electron chi connectivity index (χ1n) is 11.3. The minimum absolute atomic E-state index is 0.0251. The van der Waals surface area contributed by atoms with Crippen LogP contribution in [0.15, 0.2) is 42.5 Å². The van der Waals surface area contributed by atoms with Crippen LogP contribution in [-0.4, -0.2) is 48.1 Å². The molecule has 1 heterocycles. The van der Waals surface area contributed by atoms with Crippen LogP contribution in [0.4, 0.5) is 5.69 Å². The minimum atomic E-state index is -1.31. The van der Waals surface area contributed by atoms with Crippen LogP contribution in [0.25, 0.3) is 0 Å². The number of aliphatic carboxylic acids is 1. The molecule has 0 aromatic heterocycles. The number of carboxylic acid groups (broad SMARTS) is 1. The molecule has 1 fully saturated rings. The number of nitrogen functional groups attached to an aromatic ring is 1. The Morgan fingerprint density at radius 3 is 2.44 bits per heavy atom. The highest BCUT2D eigenvalue weighted by atomic mass is 16.5. The van der Waals surface area contributed by atoms with Crippen LogP contribution < -0.4 is 15.8 Å². The number of nitrogens with zero attached hydrogens (tertiary/aromatic N) is 1. The molecule has 0 aliphatic carbocycles. The number of likely N-dealkylation sites (tertiary alicyclic amines) is 1. The molecule has 32 heavy (non-hydrogen) atoms. The lowest BCUT2D eigenvalue weighted by atomic mass is 9.85. The average molecular weight is 439 g/mol. The molecular weight excluding hydrogens is 404 g/mol. The van der Waals surface area contributed by atoms with E-state index in [0.29, 0.717) is 35.6 Å². The van der Waals surface area contributed by atoms with Gasteiger partial charge >= 0.3 is 5.97 Å². The average Bonchev–Trinajstić information content (AvgIpc) is 3.31. The lowest BCUT2D eigenvalue weighted by Crippen LogP contribution is -2.43. The summed E-state index contributed by atoms with van der Waals surface area (Å²) >= 11 is 0. The molecule has 0 spiro atoms. The molecular formula is C25H34N4O3. The van der Waals surface area contributed by atoms with Gasteiger partial charge in [0.05, 0.1) is 0 Å². The number of nitrogens with two attached hydrogens (primary N) is 1. The van der Waals surface area contributed by atoms with Crippen molar-refractivity contribution in [1.29, 1.82) is 5.41 Å². The van der Waals surface area contributed by atoms with Crippen LogP contribution in [-0.2, 0) is 16.8 Å². The number of hydrogen-bond acceptors (Lipinski definition) is 5. The van der Waals surface area contributed by atoms with Gasteiger partial charge in [0.2, 0.25) is 0 Å². The molecule has 2 aromatic carbocycles. The topological polar surface area (TPSA) is 112 Å². The predicted molar refractivity (Wildman–Crippen MR) is 128 cm³/mol. The van der Waals surface area contributed by atoms with Gasteiger partial charge in [0.1, 0.15) is 18.2 Å². The van der Waals surface area contributed by atoms with E-state index in [4.69, 9.17) is 15.9 Å². The quantitative estimate of drug-likeness (QED) is 0.314. The second-order valence-electron chi connectivity index (χ2n) is 8.30. The van der Waals surface area contributed by atoms with Crippen LogP contribution in [0.2, 0.25) is 0 Å². The van der Waals surface area contributed by atoms with Crippen molar-refractivity contribution in [1.82, 2.24) is 4.90 Å². The van der Waals surface area contributed by atoms with Crippen molar-refractivity contribution in [3.05, 3.63) is 59.2 Å². The van der Waals surface area contributed by atoms with Gasteiger partial charge in [0, 0.05) is 17.8 Å². The SMILES string of the molecule is CCc1cc(OCCN2CCCC2)cc(C(CC)(Nc2ccc(C(=N)N)cc2)C(=O)O)c1.